The highest BCUT2D eigenvalue weighted by Crippen LogP contribution is 2.40. The first-order valence-electron chi connectivity index (χ1n) is 4.86. The van der Waals surface area contributed by atoms with Gasteiger partial charge in [-0.15, -0.1) is 0 Å². The number of hydrogen-bond donors (Lipinski definition) is 4. The van der Waals surface area contributed by atoms with E-state index in [1.165, 1.54) is 0 Å². The first-order chi connectivity index (χ1) is 7.70. The van der Waals surface area contributed by atoms with E-state index in [1.807, 2.05) is 0 Å². The number of aliphatic hydroxyl groups excluding tert-OH is 2. The molecule has 0 unspecified atom stereocenters. The Kier molecular flexibility index (Phi) is 2.68. The molecule has 0 radical (unpaired) electrons. The van der Waals surface area contributed by atoms with Crippen LogP contribution in [0.3, 0.4) is 0 Å². The minimum atomic E-state index is -0.430. The Balaban J connectivity index is 2.94. The van der Waals surface area contributed by atoms with Gasteiger partial charge in [0, 0.05) is 10.9 Å². The van der Waals surface area contributed by atoms with Crippen molar-refractivity contribution in [1.82, 2.24) is 0 Å². The summed E-state index contributed by atoms with van der Waals surface area (Å²) in [6.45, 7) is -0.732. The van der Waals surface area contributed by atoms with E-state index in [2.05, 4.69) is 0 Å². The van der Waals surface area contributed by atoms with Crippen LogP contribution in [0, 0.1) is 0 Å². The summed E-state index contributed by atoms with van der Waals surface area (Å²) in [4.78, 5) is 0. The number of fused-ring (bicyclic) bond motifs is 1. The van der Waals surface area contributed by atoms with Gasteiger partial charge in [0.05, 0.1) is 13.2 Å². The molecular formula is C12H12O4. The molecule has 0 aliphatic heterocycles. The van der Waals surface area contributed by atoms with E-state index in [9.17, 15) is 15.3 Å². The number of hydrogen-bond acceptors (Lipinski definition) is 4. The van der Waals surface area contributed by atoms with Crippen LogP contribution < -0.4 is 0 Å². The van der Waals surface area contributed by atoms with Crippen LogP contribution in [0.15, 0.2) is 24.3 Å². The fourth-order valence-corrected chi connectivity index (χ4v) is 1.88. The molecule has 4 heteroatoms. The van der Waals surface area contributed by atoms with Crippen LogP contribution in [0.4, 0.5) is 0 Å². The average Bonchev–Trinajstić information content (AvgIpc) is 2.33. The maximum Gasteiger partial charge on any atom is 0.165 e. The molecule has 0 saturated heterocycles. The minimum absolute atomic E-state index is 0.165. The molecule has 4 nitrogen and oxygen atoms in total. The van der Waals surface area contributed by atoms with Crippen LogP contribution in [0.1, 0.15) is 11.1 Å². The van der Waals surface area contributed by atoms with Gasteiger partial charge in [-0.1, -0.05) is 24.3 Å². The lowest BCUT2D eigenvalue weighted by molar-refractivity contribution is 0.254. The molecule has 84 valence electrons. The van der Waals surface area contributed by atoms with E-state index in [-0.39, 0.29) is 23.7 Å². The van der Waals surface area contributed by atoms with Crippen molar-refractivity contribution in [2.24, 2.45) is 0 Å². The normalized spacial score (nSPS) is 10.9. The lowest BCUT2D eigenvalue weighted by atomic mass is 9.97. The molecule has 0 aliphatic carbocycles. The standard InChI is InChI=1S/C12H12O4/c13-5-9-7-3-1-2-4-8(7)11(15)12(16)10(9)6-14/h1-4,13-16H,5-6H2. The van der Waals surface area contributed by atoms with Gasteiger partial charge in [0.2, 0.25) is 0 Å². The van der Waals surface area contributed by atoms with Gasteiger partial charge in [-0.2, -0.15) is 0 Å². The summed E-state index contributed by atoms with van der Waals surface area (Å²) in [5.74, 6) is -0.637. The van der Waals surface area contributed by atoms with E-state index in [0.29, 0.717) is 16.3 Å². The van der Waals surface area contributed by atoms with E-state index in [0.717, 1.165) is 0 Å². The Morgan fingerprint density at radius 3 is 1.88 bits per heavy atom. The van der Waals surface area contributed by atoms with Crippen molar-refractivity contribution < 1.29 is 20.4 Å². The van der Waals surface area contributed by atoms with Crippen LogP contribution >= 0.6 is 0 Å². The summed E-state index contributed by atoms with van der Waals surface area (Å²) in [5, 5.41) is 38.9. The summed E-state index contributed by atoms with van der Waals surface area (Å²) in [7, 11) is 0. The third-order valence-electron chi connectivity index (χ3n) is 2.70. The molecule has 0 spiro atoms. The van der Waals surface area contributed by atoms with Gasteiger partial charge < -0.3 is 20.4 Å². The molecule has 2 rings (SSSR count). The highest BCUT2D eigenvalue weighted by atomic mass is 16.3. The molecule has 0 aromatic heterocycles. The van der Waals surface area contributed by atoms with Crippen molar-refractivity contribution in [3.63, 3.8) is 0 Å². The zero-order chi connectivity index (χ0) is 11.7. The molecule has 16 heavy (non-hydrogen) atoms. The Labute approximate surface area is 92.0 Å². The Morgan fingerprint density at radius 2 is 1.31 bits per heavy atom. The fraction of sp³-hybridized carbons (Fsp3) is 0.167. The molecular weight excluding hydrogens is 208 g/mol. The quantitative estimate of drug-likeness (QED) is 0.574. The first kappa shape index (κ1) is 10.7. The molecule has 0 saturated carbocycles. The number of rotatable bonds is 2. The molecule has 0 fully saturated rings. The predicted octanol–water partition coefficient (Wildman–Crippen LogP) is 1.24. The third kappa shape index (κ3) is 1.39. The Morgan fingerprint density at radius 1 is 0.750 bits per heavy atom. The molecule has 2 aromatic rings. The smallest absolute Gasteiger partial charge is 0.165 e. The highest BCUT2D eigenvalue weighted by Gasteiger charge is 2.16. The van der Waals surface area contributed by atoms with Crippen LogP contribution in [0.25, 0.3) is 10.8 Å². The number of aromatic hydroxyl groups is 2. The maximum atomic E-state index is 9.75. The summed E-state index contributed by atoms with van der Waals surface area (Å²) >= 11 is 0. The zero-order valence-corrected chi connectivity index (χ0v) is 8.51. The zero-order valence-electron chi connectivity index (χ0n) is 8.51. The Bertz CT molecular complexity index is 534. The molecule has 4 N–H and O–H groups in total. The van der Waals surface area contributed by atoms with Crippen molar-refractivity contribution in [3.8, 4) is 11.5 Å². The van der Waals surface area contributed by atoms with E-state index in [1.54, 1.807) is 24.3 Å². The summed E-state index contributed by atoms with van der Waals surface area (Å²) in [6.07, 6.45) is 0. The molecule has 0 atom stereocenters. The number of phenolic OH excluding ortho intramolecular Hbond substituents is 1. The second-order valence-corrected chi connectivity index (χ2v) is 3.52. The second-order valence-electron chi connectivity index (χ2n) is 3.52. The minimum Gasteiger partial charge on any atom is -0.504 e. The van der Waals surface area contributed by atoms with Gasteiger partial charge in [0.25, 0.3) is 0 Å². The largest absolute Gasteiger partial charge is 0.504 e. The van der Waals surface area contributed by atoms with Gasteiger partial charge in [0.1, 0.15) is 0 Å². The van der Waals surface area contributed by atoms with Crippen LogP contribution in [-0.4, -0.2) is 20.4 Å². The summed E-state index contributed by atoms with van der Waals surface area (Å²) < 4.78 is 0. The monoisotopic (exact) mass is 220 g/mol. The van der Waals surface area contributed by atoms with Crippen LogP contribution in [-0.2, 0) is 13.2 Å². The topological polar surface area (TPSA) is 80.9 Å². The number of benzene rings is 2. The molecule has 0 heterocycles. The third-order valence-corrected chi connectivity index (χ3v) is 2.70. The van der Waals surface area contributed by atoms with Crippen molar-refractivity contribution in [1.29, 1.82) is 0 Å². The lowest BCUT2D eigenvalue weighted by Crippen LogP contribution is -1.97. The Hall–Kier alpha value is -1.78. The van der Waals surface area contributed by atoms with Gasteiger partial charge in [-0.05, 0) is 10.9 Å². The molecule has 0 amide bonds. The number of phenols is 2. The van der Waals surface area contributed by atoms with Crippen LogP contribution in [0.5, 0.6) is 11.5 Å². The predicted molar refractivity (Wildman–Crippen MR) is 59.1 cm³/mol. The molecule has 2 aromatic carbocycles. The van der Waals surface area contributed by atoms with E-state index in [4.69, 9.17) is 5.11 Å². The van der Waals surface area contributed by atoms with Crippen molar-refractivity contribution in [2.45, 2.75) is 13.2 Å². The second kappa shape index (κ2) is 4.00. The van der Waals surface area contributed by atoms with Crippen molar-refractivity contribution >= 4 is 10.8 Å². The first-order valence-corrected chi connectivity index (χ1v) is 4.86. The fourth-order valence-electron chi connectivity index (χ4n) is 1.88. The maximum absolute atomic E-state index is 9.75. The van der Waals surface area contributed by atoms with Gasteiger partial charge in [-0.3, -0.25) is 0 Å². The number of aliphatic hydroxyl groups is 2. The molecule has 0 bridgehead atoms. The average molecular weight is 220 g/mol. The molecule has 0 aliphatic rings. The van der Waals surface area contributed by atoms with Gasteiger partial charge in [-0.25, -0.2) is 0 Å². The summed E-state index contributed by atoms with van der Waals surface area (Å²) in [6, 6.07) is 6.85. The highest BCUT2D eigenvalue weighted by molar-refractivity contribution is 5.94. The van der Waals surface area contributed by atoms with Crippen LogP contribution in [0.2, 0.25) is 0 Å². The lowest BCUT2D eigenvalue weighted by Gasteiger charge is -2.13. The van der Waals surface area contributed by atoms with E-state index >= 15 is 0 Å². The summed E-state index contributed by atoms with van der Waals surface area (Å²) in [5.41, 5.74) is 0.604. The van der Waals surface area contributed by atoms with Crippen molar-refractivity contribution in [2.75, 3.05) is 0 Å². The SMILES string of the molecule is OCc1c(O)c(O)c2ccccc2c1CO. The van der Waals surface area contributed by atoms with Crippen molar-refractivity contribution in [3.05, 3.63) is 35.4 Å². The van der Waals surface area contributed by atoms with E-state index < -0.39 is 6.61 Å². The van der Waals surface area contributed by atoms with Gasteiger partial charge >= 0.3 is 0 Å². The van der Waals surface area contributed by atoms with Gasteiger partial charge in [0.15, 0.2) is 11.5 Å².